The van der Waals surface area contributed by atoms with Gasteiger partial charge >= 0.3 is 11.9 Å². The lowest BCUT2D eigenvalue weighted by Gasteiger charge is -2.27. The normalized spacial score (nSPS) is 15.0. The maximum Gasteiger partial charge on any atom is 0.326 e. The van der Waals surface area contributed by atoms with Gasteiger partial charge in [-0.3, -0.25) is 19.2 Å². The van der Waals surface area contributed by atoms with Crippen molar-refractivity contribution < 1.29 is 33.8 Å². The lowest BCUT2D eigenvalue weighted by molar-refractivity contribution is -0.143. The minimum atomic E-state index is -1.19. The lowest BCUT2D eigenvalue weighted by atomic mass is 9.96. The Balaban J connectivity index is 2.66. The van der Waals surface area contributed by atoms with Gasteiger partial charge in [0.2, 0.25) is 17.7 Å². The first-order chi connectivity index (χ1) is 18.9. The second kappa shape index (κ2) is 17.8. The van der Waals surface area contributed by atoms with Crippen molar-refractivity contribution in [3.63, 3.8) is 0 Å². The largest absolute Gasteiger partial charge is 0.480 e. The number of aliphatic carboxylic acids is 1. The number of carbonyl (C=O) groups excluding carboxylic acids is 4. The summed E-state index contributed by atoms with van der Waals surface area (Å²) in [6.07, 6.45) is 4.89. The van der Waals surface area contributed by atoms with Crippen LogP contribution >= 0.6 is 0 Å². The number of rotatable bonds is 17. The molecule has 5 atom stereocenters. The Morgan fingerprint density at radius 2 is 1.57 bits per heavy atom. The maximum atomic E-state index is 13.0. The molecule has 0 heterocycles. The van der Waals surface area contributed by atoms with Gasteiger partial charge in [0, 0.05) is 18.9 Å². The van der Waals surface area contributed by atoms with Crippen molar-refractivity contribution in [3.05, 3.63) is 48.0 Å². The van der Waals surface area contributed by atoms with Crippen molar-refractivity contribution in [1.82, 2.24) is 16.0 Å². The number of ether oxygens (including phenoxy) is 1. The summed E-state index contributed by atoms with van der Waals surface area (Å²) in [4.78, 5) is 61.6. The molecule has 1 aromatic rings. The van der Waals surface area contributed by atoms with E-state index in [9.17, 15) is 29.1 Å². The third kappa shape index (κ3) is 12.4. The van der Waals surface area contributed by atoms with Gasteiger partial charge in [-0.15, -0.1) is 0 Å². The summed E-state index contributed by atoms with van der Waals surface area (Å²) in [5, 5.41) is 17.3. The molecule has 0 aliphatic rings. The zero-order chi connectivity index (χ0) is 30.2. The third-order valence-electron chi connectivity index (χ3n) is 6.35. The SMILES string of the molecule is CCOC(=O)CC/C=C\C[C@@H](N)[C@H](C)C(=O)N[C@@H](C(=O)N[C@H](C)C(=O)N[C@H](Cc1ccccc1)C(=O)O)C(C)C. The van der Waals surface area contributed by atoms with Crippen molar-refractivity contribution in [2.24, 2.45) is 17.6 Å². The molecular formula is C29H44N4O7. The van der Waals surface area contributed by atoms with Crippen molar-refractivity contribution >= 4 is 29.7 Å². The van der Waals surface area contributed by atoms with Crippen molar-refractivity contribution in [1.29, 1.82) is 0 Å². The van der Waals surface area contributed by atoms with Gasteiger partial charge < -0.3 is 31.5 Å². The first kappa shape index (κ1) is 34.3. The second-order valence-corrected chi connectivity index (χ2v) is 10.1. The molecule has 0 bridgehead atoms. The fraction of sp³-hybridized carbons (Fsp3) is 0.552. The van der Waals surface area contributed by atoms with E-state index in [1.165, 1.54) is 6.92 Å². The Kier molecular flexibility index (Phi) is 15.2. The number of carboxylic acids is 1. The third-order valence-corrected chi connectivity index (χ3v) is 6.35. The summed E-state index contributed by atoms with van der Waals surface area (Å²) in [5.41, 5.74) is 6.92. The average Bonchev–Trinajstić information content (AvgIpc) is 2.90. The molecular weight excluding hydrogens is 516 g/mol. The van der Waals surface area contributed by atoms with Crippen LogP contribution < -0.4 is 21.7 Å². The molecule has 0 aliphatic carbocycles. The molecule has 0 saturated heterocycles. The summed E-state index contributed by atoms with van der Waals surface area (Å²) < 4.78 is 4.87. The Hall–Kier alpha value is -3.73. The van der Waals surface area contributed by atoms with Gasteiger partial charge in [-0.25, -0.2) is 4.79 Å². The molecule has 0 fully saturated rings. The summed E-state index contributed by atoms with van der Waals surface area (Å²) in [6, 6.07) is 5.23. The van der Waals surface area contributed by atoms with Gasteiger partial charge in [-0.2, -0.15) is 0 Å². The van der Waals surface area contributed by atoms with E-state index in [0.717, 1.165) is 5.56 Å². The van der Waals surface area contributed by atoms with Gasteiger partial charge in [0.1, 0.15) is 18.1 Å². The van der Waals surface area contributed by atoms with Crippen LogP contribution in [-0.2, 0) is 35.1 Å². The van der Waals surface area contributed by atoms with E-state index in [1.54, 1.807) is 52.0 Å². The number of amides is 3. The van der Waals surface area contributed by atoms with Crippen LogP contribution in [0.15, 0.2) is 42.5 Å². The molecule has 3 amide bonds. The number of hydrogen-bond acceptors (Lipinski definition) is 7. The number of nitrogens with two attached hydrogens (primary N) is 1. The minimum Gasteiger partial charge on any atom is -0.480 e. The quantitative estimate of drug-likeness (QED) is 0.141. The highest BCUT2D eigenvalue weighted by atomic mass is 16.5. The van der Waals surface area contributed by atoms with Crippen LogP contribution in [-0.4, -0.2) is 65.5 Å². The molecule has 0 unspecified atom stereocenters. The number of allylic oxidation sites excluding steroid dienone is 1. The number of carboxylic acid groups (broad SMARTS) is 1. The first-order valence-corrected chi connectivity index (χ1v) is 13.6. The summed E-state index contributed by atoms with van der Waals surface area (Å²) >= 11 is 0. The fourth-order valence-electron chi connectivity index (χ4n) is 3.74. The summed E-state index contributed by atoms with van der Waals surface area (Å²) in [6.45, 7) is 8.70. The zero-order valence-corrected chi connectivity index (χ0v) is 24.0. The Bertz CT molecular complexity index is 1010. The molecule has 0 aromatic heterocycles. The average molecular weight is 561 g/mol. The molecule has 40 heavy (non-hydrogen) atoms. The van der Waals surface area contributed by atoms with Crippen LogP contribution in [0.3, 0.4) is 0 Å². The first-order valence-electron chi connectivity index (χ1n) is 13.6. The molecule has 6 N–H and O–H groups in total. The standard InChI is InChI=1S/C29H44N4O7/c1-6-40-24(34)16-12-8-11-15-22(30)19(4)26(35)33-25(18(2)3)28(37)31-20(5)27(36)32-23(29(38)39)17-21-13-9-7-10-14-21/h7-11,13-14,18-20,22-23,25H,6,12,15-17,30H2,1-5H3,(H,31,37)(H,32,36)(H,33,35)(H,38,39)/b11-8-/t19-,20+,22+,23+,25+/m0/s1. The Labute approximate surface area is 236 Å². The molecule has 1 aromatic carbocycles. The van der Waals surface area contributed by atoms with Crippen molar-refractivity contribution in [3.8, 4) is 0 Å². The van der Waals surface area contributed by atoms with Crippen LogP contribution in [0.25, 0.3) is 0 Å². The van der Waals surface area contributed by atoms with Crippen LogP contribution in [0, 0.1) is 11.8 Å². The Morgan fingerprint density at radius 1 is 0.925 bits per heavy atom. The van der Waals surface area contributed by atoms with E-state index in [2.05, 4.69) is 16.0 Å². The molecule has 0 saturated carbocycles. The van der Waals surface area contributed by atoms with Gasteiger partial charge in [0.05, 0.1) is 12.5 Å². The van der Waals surface area contributed by atoms with E-state index >= 15 is 0 Å². The van der Waals surface area contributed by atoms with Crippen LogP contribution in [0.2, 0.25) is 0 Å². The minimum absolute atomic E-state index is 0.0893. The van der Waals surface area contributed by atoms with Gasteiger partial charge in [-0.1, -0.05) is 63.3 Å². The molecule has 1 rings (SSSR count). The van der Waals surface area contributed by atoms with E-state index in [-0.39, 0.29) is 24.7 Å². The molecule has 0 aliphatic heterocycles. The number of carbonyl (C=O) groups is 5. The highest BCUT2D eigenvalue weighted by Gasteiger charge is 2.31. The molecule has 11 nitrogen and oxygen atoms in total. The fourth-order valence-corrected chi connectivity index (χ4v) is 3.74. The van der Waals surface area contributed by atoms with Gasteiger partial charge in [-0.05, 0) is 38.2 Å². The van der Waals surface area contributed by atoms with Gasteiger partial charge in [0.25, 0.3) is 0 Å². The predicted molar refractivity (Wildman–Crippen MR) is 151 cm³/mol. The highest BCUT2D eigenvalue weighted by molar-refractivity contribution is 5.93. The summed E-state index contributed by atoms with van der Waals surface area (Å²) in [5.74, 6) is -4.01. The van der Waals surface area contributed by atoms with E-state index in [4.69, 9.17) is 10.5 Å². The van der Waals surface area contributed by atoms with Crippen molar-refractivity contribution in [2.45, 2.75) is 84.5 Å². The molecule has 11 heteroatoms. The van der Waals surface area contributed by atoms with E-state index < -0.39 is 53.8 Å². The molecule has 222 valence electrons. The van der Waals surface area contributed by atoms with Crippen LogP contribution in [0.5, 0.6) is 0 Å². The Morgan fingerprint density at radius 3 is 2.15 bits per heavy atom. The van der Waals surface area contributed by atoms with Crippen LogP contribution in [0.1, 0.15) is 59.4 Å². The molecule has 0 radical (unpaired) electrons. The highest BCUT2D eigenvalue weighted by Crippen LogP contribution is 2.10. The topological polar surface area (TPSA) is 177 Å². The van der Waals surface area contributed by atoms with E-state index in [1.807, 2.05) is 18.2 Å². The molecule has 0 spiro atoms. The maximum absolute atomic E-state index is 13.0. The smallest absolute Gasteiger partial charge is 0.326 e. The van der Waals surface area contributed by atoms with Gasteiger partial charge in [0.15, 0.2) is 0 Å². The number of benzene rings is 1. The second-order valence-electron chi connectivity index (χ2n) is 10.1. The number of nitrogens with one attached hydrogen (secondary N) is 3. The predicted octanol–water partition coefficient (Wildman–Crippen LogP) is 1.70. The summed E-state index contributed by atoms with van der Waals surface area (Å²) in [7, 11) is 0. The van der Waals surface area contributed by atoms with Crippen molar-refractivity contribution in [2.75, 3.05) is 6.61 Å². The van der Waals surface area contributed by atoms with E-state index in [0.29, 0.717) is 19.4 Å². The number of esters is 1. The number of hydrogen-bond donors (Lipinski definition) is 5. The van der Waals surface area contributed by atoms with Crippen LogP contribution in [0.4, 0.5) is 0 Å². The lowest BCUT2D eigenvalue weighted by Crippen LogP contribution is -2.57. The monoisotopic (exact) mass is 560 g/mol. The zero-order valence-electron chi connectivity index (χ0n) is 24.0.